The van der Waals surface area contributed by atoms with E-state index < -0.39 is 14.9 Å². The summed E-state index contributed by atoms with van der Waals surface area (Å²) in [5, 5.41) is 16.3. The normalized spacial score (nSPS) is 11.7. The third-order valence-electron chi connectivity index (χ3n) is 5.37. The number of pyridine rings is 1. The van der Waals surface area contributed by atoms with E-state index in [9.17, 15) is 18.5 Å². The first kappa shape index (κ1) is 22.2. The highest BCUT2D eigenvalue weighted by Crippen LogP contribution is 2.37. The summed E-state index contributed by atoms with van der Waals surface area (Å²) in [5.74, 6) is 0. The van der Waals surface area contributed by atoms with Crippen molar-refractivity contribution in [2.24, 2.45) is 7.05 Å². The number of hydrogen-bond donors (Lipinski definition) is 0. The zero-order valence-electron chi connectivity index (χ0n) is 17.7. The average Bonchev–Trinajstić information content (AvgIpc) is 3.39. The molecule has 11 heteroatoms. The molecule has 0 unspecified atom stereocenters. The van der Waals surface area contributed by atoms with Gasteiger partial charge in [0.05, 0.1) is 13.5 Å². The number of rotatable bonds is 5. The maximum atomic E-state index is 13.4. The standard InChI is InChI=1S/C23H16IN5O4S/c1-27-14-20(22(26-27)15-7-9-16(10-8-15)29(30)31)18-11-12-25-23-19(18)13-21(24)28(23)34(32,33)17-5-3-2-4-6-17/h2-14H,1H3. The van der Waals surface area contributed by atoms with Crippen LogP contribution in [0.4, 0.5) is 5.69 Å². The fourth-order valence-corrected chi connectivity index (χ4v) is 6.53. The lowest BCUT2D eigenvalue weighted by Gasteiger charge is -2.09. The van der Waals surface area contributed by atoms with Gasteiger partial charge in [-0.2, -0.15) is 5.10 Å². The van der Waals surface area contributed by atoms with Gasteiger partial charge in [-0.25, -0.2) is 17.4 Å². The van der Waals surface area contributed by atoms with Crippen molar-refractivity contribution in [3.05, 3.63) is 92.9 Å². The lowest BCUT2D eigenvalue weighted by molar-refractivity contribution is -0.384. The third-order valence-corrected chi connectivity index (χ3v) is 8.21. The molecule has 9 nitrogen and oxygen atoms in total. The molecule has 5 rings (SSSR count). The Hall–Kier alpha value is -3.58. The first-order valence-electron chi connectivity index (χ1n) is 10.0. The van der Waals surface area contributed by atoms with Crippen molar-refractivity contribution < 1.29 is 13.3 Å². The SMILES string of the molecule is Cn1cc(-c2ccnc3c2cc(I)n3S(=O)(=O)c2ccccc2)c(-c2ccc([N+](=O)[O-])cc2)n1. The van der Waals surface area contributed by atoms with Gasteiger partial charge in [-0.05, 0) is 64.6 Å². The number of halogens is 1. The Morgan fingerprint density at radius 2 is 1.71 bits per heavy atom. The van der Waals surface area contributed by atoms with Crippen LogP contribution in [0.25, 0.3) is 33.4 Å². The van der Waals surface area contributed by atoms with Crippen molar-refractivity contribution in [2.45, 2.75) is 4.90 Å². The van der Waals surface area contributed by atoms with Gasteiger partial charge in [-0.3, -0.25) is 14.8 Å². The Morgan fingerprint density at radius 1 is 1.00 bits per heavy atom. The summed E-state index contributed by atoms with van der Waals surface area (Å²) in [4.78, 5) is 15.1. The van der Waals surface area contributed by atoms with E-state index >= 15 is 0 Å². The van der Waals surface area contributed by atoms with E-state index in [0.717, 1.165) is 11.1 Å². The molecule has 0 atom stereocenters. The van der Waals surface area contributed by atoms with Crippen molar-refractivity contribution >= 4 is 49.3 Å². The van der Waals surface area contributed by atoms with Crippen LogP contribution in [0, 0.1) is 13.8 Å². The quantitative estimate of drug-likeness (QED) is 0.166. The van der Waals surface area contributed by atoms with Crippen LogP contribution in [-0.2, 0) is 17.1 Å². The number of non-ortho nitro benzene ring substituents is 1. The highest BCUT2D eigenvalue weighted by Gasteiger charge is 2.25. The summed E-state index contributed by atoms with van der Waals surface area (Å²) in [6, 6.07) is 18.0. The van der Waals surface area contributed by atoms with Crippen LogP contribution in [0.5, 0.6) is 0 Å². The van der Waals surface area contributed by atoms with Crippen LogP contribution < -0.4 is 0 Å². The largest absolute Gasteiger partial charge is 0.275 e. The molecule has 0 N–H and O–H groups in total. The molecule has 3 aromatic heterocycles. The molecule has 0 bridgehead atoms. The van der Waals surface area contributed by atoms with E-state index in [1.807, 2.05) is 34.9 Å². The summed E-state index contributed by atoms with van der Waals surface area (Å²) in [5.41, 5.74) is 3.14. The maximum Gasteiger partial charge on any atom is 0.270 e. The molecule has 0 saturated carbocycles. The number of aryl methyl sites for hydroxylation is 1. The summed E-state index contributed by atoms with van der Waals surface area (Å²) in [6.45, 7) is 0. The number of benzene rings is 2. The first-order valence-corrected chi connectivity index (χ1v) is 12.5. The van der Waals surface area contributed by atoms with Crippen LogP contribution in [0.3, 0.4) is 0 Å². The number of fused-ring (bicyclic) bond motifs is 1. The van der Waals surface area contributed by atoms with E-state index in [0.29, 0.717) is 26.0 Å². The van der Waals surface area contributed by atoms with Crippen LogP contribution >= 0.6 is 22.6 Å². The molecule has 0 aliphatic heterocycles. The van der Waals surface area contributed by atoms with E-state index in [-0.39, 0.29) is 10.6 Å². The van der Waals surface area contributed by atoms with Gasteiger partial charge in [0, 0.05) is 48.1 Å². The minimum Gasteiger partial charge on any atom is -0.275 e. The minimum absolute atomic E-state index is 0.00900. The topological polar surface area (TPSA) is 113 Å². The number of nitro benzene ring substituents is 1. The number of hydrogen-bond acceptors (Lipinski definition) is 6. The number of aromatic nitrogens is 4. The van der Waals surface area contributed by atoms with Gasteiger partial charge in [0.15, 0.2) is 5.65 Å². The van der Waals surface area contributed by atoms with Gasteiger partial charge in [0.1, 0.15) is 5.69 Å². The van der Waals surface area contributed by atoms with E-state index in [2.05, 4.69) is 10.1 Å². The van der Waals surface area contributed by atoms with Gasteiger partial charge in [0.25, 0.3) is 15.7 Å². The molecule has 0 aliphatic carbocycles. The lowest BCUT2D eigenvalue weighted by atomic mass is 10.0. The van der Waals surface area contributed by atoms with Crippen molar-refractivity contribution in [2.75, 3.05) is 0 Å². The average molecular weight is 585 g/mol. The molecule has 34 heavy (non-hydrogen) atoms. The molecule has 0 saturated heterocycles. The molecule has 5 aromatic rings. The van der Waals surface area contributed by atoms with Crippen LogP contribution in [0.2, 0.25) is 0 Å². The second kappa shape index (κ2) is 8.33. The second-order valence-corrected chi connectivity index (χ2v) is 10.4. The minimum atomic E-state index is -3.86. The van der Waals surface area contributed by atoms with Gasteiger partial charge < -0.3 is 0 Å². The molecule has 2 aromatic carbocycles. The van der Waals surface area contributed by atoms with Gasteiger partial charge in [-0.15, -0.1) is 0 Å². The van der Waals surface area contributed by atoms with Gasteiger partial charge >= 0.3 is 0 Å². The Labute approximate surface area is 208 Å². The second-order valence-electron chi connectivity index (χ2n) is 7.51. The van der Waals surface area contributed by atoms with Gasteiger partial charge in [-0.1, -0.05) is 18.2 Å². The number of nitrogens with zero attached hydrogens (tertiary/aromatic N) is 5. The van der Waals surface area contributed by atoms with Crippen LogP contribution in [0.1, 0.15) is 0 Å². The summed E-state index contributed by atoms with van der Waals surface area (Å²) < 4.78 is 30.2. The molecule has 0 fully saturated rings. The van der Waals surface area contributed by atoms with Crippen molar-refractivity contribution in [1.29, 1.82) is 0 Å². The van der Waals surface area contributed by atoms with Crippen molar-refractivity contribution in [1.82, 2.24) is 18.7 Å². The molecular formula is C23H16IN5O4S. The highest BCUT2D eigenvalue weighted by atomic mass is 127. The van der Waals surface area contributed by atoms with E-state index in [1.165, 1.54) is 16.1 Å². The molecular weight excluding hydrogens is 569 g/mol. The zero-order valence-corrected chi connectivity index (χ0v) is 20.6. The summed E-state index contributed by atoms with van der Waals surface area (Å²) >= 11 is 2.00. The Bertz CT molecular complexity index is 1660. The fraction of sp³-hybridized carbons (Fsp3) is 0.0435. The smallest absolute Gasteiger partial charge is 0.270 e. The maximum absolute atomic E-state index is 13.4. The first-order chi connectivity index (χ1) is 16.3. The summed E-state index contributed by atoms with van der Waals surface area (Å²) in [6.07, 6.45) is 3.40. The van der Waals surface area contributed by atoms with Crippen LogP contribution in [-0.4, -0.2) is 32.1 Å². The van der Waals surface area contributed by atoms with E-state index in [1.54, 1.807) is 66.5 Å². The fourth-order valence-electron chi connectivity index (χ4n) is 3.85. The Kier molecular flexibility index (Phi) is 5.44. The lowest BCUT2D eigenvalue weighted by Crippen LogP contribution is -2.14. The van der Waals surface area contributed by atoms with Crippen LogP contribution in [0.15, 0.2) is 84.0 Å². The monoisotopic (exact) mass is 585 g/mol. The highest BCUT2D eigenvalue weighted by molar-refractivity contribution is 14.1. The molecule has 0 radical (unpaired) electrons. The van der Waals surface area contributed by atoms with Gasteiger partial charge in [0.2, 0.25) is 0 Å². The molecule has 170 valence electrons. The predicted octanol–water partition coefficient (Wildman–Crippen LogP) is 4.85. The zero-order chi connectivity index (χ0) is 24.0. The third kappa shape index (κ3) is 3.66. The van der Waals surface area contributed by atoms with Crippen molar-refractivity contribution in [3.63, 3.8) is 0 Å². The van der Waals surface area contributed by atoms with E-state index in [4.69, 9.17) is 0 Å². The predicted molar refractivity (Wildman–Crippen MR) is 136 cm³/mol. The van der Waals surface area contributed by atoms with Crippen molar-refractivity contribution in [3.8, 4) is 22.4 Å². The summed E-state index contributed by atoms with van der Waals surface area (Å²) in [7, 11) is -2.08. The molecule has 0 aliphatic rings. The Balaban J connectivity index is 1.71. The number of nitro groups is 1. The molecule has 3 heterocycles. The Morgan fingerprint density at radius 3 is 2.38 bits per heavy atom. The molecule has 0 amide bonds. The molecule has 0 spiro atoms.